The van der Waals surface area contributed by atoms with Crippen molar-refractivity contribution in [1.82, 2.24) is 0 Å². The Balaban J connectivity index is 3.18. The molecule has 0 aromatic carbocycles. The zero-order valence-electron chi connectivity index (χ0n) is 9.28. The number of hydrogen-bond acceptors (Lipinski definition) is 2. The third kappa shape index (κ3) is 9.75. The van der Waals surface area contributed by atoms with Crippen LogP contribution in [-0.2, 0) is 0 Å². The molecule has 0 saturated heterocycles. The van der Waals surface area contributed by atoms with Gasteiger partial charge in [0.05, 0.1) is 6.10 Å². The Labute approximate surface area is 87.7 Å². The van der Waals surface area contributed by atoms with E-state index in [0.717, 1.165) is 6.42 Å². The van der Waals surface area contributed by atoms with Crippen LogP contribution in [0.25, 0.3) is 0 Å². The second-order valence-electron chi connectivity index (χ2n) is 3.72. The minimum absolute atomic E-state index is 0.0749. The fourth-order valence-electron chi connectivity index (χ4n) is 1.33. The maximum atomic E-state index is 9.28. The van der Waals surface area contributed by atoms with E-state index in [1.165, 1.54) is 25.7 Å². The Bertz CT molecular complexity index is 132. The Morgan fingerprint density at radius 2 is 1.93 bits per heavy atom. The summed E-state index contributed by atoms with van der Waals surface area (Å²) < 4.78 is 0. The van der Waals surface area contributed by atoms with Crippen molar-refractivity contribution in [3.8, 4) is 0 Å². The molecule has 0 bridgehead atoms. The first-order valence-electron chi connectivity index (χ1n) is 5.75. The predicted molar refractivity (Wildman–Crippen MR) is 60.2 cm³/mol. The van der Waals surface area contributed by atoms with E-state index in [2.05, 4.69) is 13.0 Å². The molecule has 1 unspecified atom stereocenters. The van der Waals surface area contributed by atoms with Gasteiger partial charge in [0.1, 0.15) is 0 Å². The zero-order valence-corrected chi connectivity index (χ0v) is 9.28. The van der Waals surface area contributed by atoms with Crippen molar-refractivity contribution in [3.63, 3.8) is 0 Å². The summed E-state index contributed by atoms with van der Waals surface area (Å²) in [5.74, 6) is 0. The van der Waals surface area contributed by atoms with Crippen LogP contribution in [0.15, 0.2) is 12.2 Å². The van der Waals surface area contributed by atoms with Crippen molar-refractivity contribution in [1.29, 1.82) is 0 Å². The smallest absolute Gasteiger partial charge is 0.0596 e. The molecule has 0 rings (SSSR count). The van der Waals surface area contributed by atoms with Crippen molar-refractivity contribution >= 4 is 0 Å². The quantitative estimate of drug-likeness (QED) is 0.444. The Morgan fingerprint density at radius 3 is 2.57 bits per heavy atom. The van der Waals surface area contributed by atoms with Crippen molar-refractivity contribution in [2.24, 2.45) is 0 Å². The highest BCUT2D eigenvalue weighted by Crippen LogP contribution is 2.04. The van der Waals surface area contributed by atoms with Crippen molar-refractivity contribution in [2.45, 2.75) is 58.0 Å². The average molecular weight is 200 g/mol. The molecule has 0 aliphatic rings. The SMILES string of the molecule is CCCCCC/C=C/CC(O)CCO. The van der Waals surface area contributed by atoms with E-state index < -0.39 is 0 Å². The number of rotatable bonds is 9. The fourth-order valence-corrected chi connectivity index (χ4v) is 1.33. The lowest BCUT2D eigenvalue weighted by Gasteiger charge is -2.03. The summed E-state index contributed by atoms with van der Waals surface area (Å²) >= 11 is 0. The van der Waals surface area contributed by atoms with Crippen molar-refractivity contribution in [3.05, 3.63) is 12.2 Å². The van der Waals surface area contributed by atoms with Gasteiger partial charge in [-0.05, 0) is 25.7 Å². The molecule has 0 radical (unpaired) electrons. The normalized spacial score (nSPS) is 13.6. The summed E-state index contributed by atoms with van der Waals surface area (Å²) in [5, 5.41) is 17.8. The van der Waals surface area contributed by atoms with Gasteiger partial charge in [0.2, 0.25) is 0 Å². The largest absolute Gasteiger partial charge is 0.396 e. The van der Waals surface area contributed by atoms with E-state index in [1.807, 2.05) is 6.08 Å². The molecule has 0 aromatic heterocycles. The summed E-state index contributed by atoms with van der Waals surface area (Å²) in [7, 11) is 0. The van der Waals surface area contributed by atoms with Crippen LogP contribution in [0.2, 0.25) is 0 Å². The van der Waals surface area contributed by atoms with Gasteiger partial charge in [0.15, 0.2) is 0 Å². The van der Waals surface area contributed by atoms with E-state index in [1.54, 1.807) is 0 Å². The third-order valence-electron chi connectivity index (χ3n) is 2.26. The first-order chi connectivity index (χ1) is 6.81. The predicted octanol–water partition coefficient (Wildman–Crippen LogP) is 2.65. The molecule has 0 fully saturated rings. The minimum Gasteiger partial charge on any atom is -0.396 e. The highest BCUT2D eigenvalue weighted by molar-refractivity contribution is 4.83. The summed E-state index contributed by atoms with van der Waals surface area (Å²) in [4.78, 5) is 0. The van der Waals surface area contributed by atoms with Crippen LogP contribution >= 0.6 is 0 Å². The van der Waals surface area contributed by atoms with E-state index in [0.29, 0.717) is 12.8 Å². The molecule has 84 valence electrons. The average Bonchev–Trinajstić information content (AvgIpc) is 2.17. The van der Waals surface area contributed by atoms with Crippen LogP contribution in [0, 0.1) is 0 Å². The molecule has 2 N–H and O–H groups in total. The Hall–Kier alpha value is -0.340. The van der Waals surface area contributed by atoms with Crippen LogP contribution in [0.5, 0.6) is 0 Å². The van der Waals surface area contributed by atoms with Gasteiger partial charge in [-0.15, -0.1) is 0 Å². The summed E-state index contributed by atoms with van der Waals surface area (Å²) in [6.45, 7) is 2.28. The lowest BCUT2D eigenvalue weighted by atomic mass is 10.1. The Kier molecular flexibility index (Phi) is 10.5. The van der Waals surface area contributed by atoms with Gasteiger partial charge in [-0.3, -0.25) is 0 Å². The number of aliphatic hydroxyl groups excluding tert-OH is 2. The highest BCUT2D eigenvalue weighted by atomic mass is 16.3. The van der Waals surface area contributed by atoms with Crippen LogP contribution in [-0.4, -0.2) is 22.9 Å². The lowest BCUT2D eigenvalue weighted by molar-refractivity contribution is 0.135. The van der Waals surface area contributed by atoms with Gasteiger partial charge >= 0.3 is 0 Å². The van der Waals surface area contributed by atoms with Crippen molar-refractivity contribution < 1.29 is 10.2 Å². The minimum atomic E-state index is -0.369. The van der Waals surface area contributed by atoms with Gasteiger partial charge in [0, 0.05) is 6.61 Å². The molecular weight excluding hydrogens is 176 g/mol. The fraction of sp³-hybridized carbons (Fsp3) is 0.833. The molecule has 2 nitrogen and oxygen atoms in total. The maximum Gasteiger partial charge on any atom is 0.0596 e. The van der Waals surface area contributed by atoms with Crippen LogP contribution in [0.3, 0.4) is 0 Å². The Morgan fingerprint density at radius 1 is 1.14 bits per heavy atom. The standard InChI is InChI=1S/C12H24O2/c1-2-3-4-5-6-7-8-9-12(14)10-11-13/h7-8,12-14H,2-6,9-11H2,1H3/b8-7+. The maximum absolute atomic E-state index is 9.28. The molecule has 0 saturated carbocycles. The van der Waals surface area contributed by atoms with E-state index >= 15 is 0 Å². The van der Waals surface area contributed by atoms with Crippen molar-refractivity contribution in [2.75, 3.05) is 6.61 Å². The summed E-state index contributed by atoms with van der Waals surface area (Å²) in [5.41, 5.74) is 0. The van der Waals surface area contributed by atoms with Gasteiger partial charge in [-0.2, -0.15) is 0 Å². The number of hydrogen-bond donors (Lipinski definition) is 2. The molecule has 0 spiro atoms. The van der Waals surface area contributed by atoms with Gasteiger partial charge < -0.3 is 10.2 Å². The molecule has 0 amide bonds. The monoisotopic (exact) mass is 200 g/mol. The van der Waals surface area contributed by atoms with Crippen LogP contribution in [0.4, 0.5) is 0 Å². The molecule has 1 atom stereocenters. The van der Waals surface area contributed by atoms with E-state index in [-0.39, 0.29) is 12.7 Å². The number of aliphatic hydroxyl groups is 2. The van der Waals surface area contributed by atoms with Gasteiger partial charge in [-0.25, -0.2) is 0 Å². The van der Waals surface area contributed by atoms with Crippen LogP contribution in [0.1, 0.15) is 51.9 Å². The van der Waals surface area contributed by atoms with Crippen LogP contribution < -0.4 is 0 Å². The lowest BCUT2D eigenvalue weighted by Crippen LogP contribution is -2.06. The van der Waals surface area contributed by atoms with Gasteiger partial charge in [-0.1, -0.05) is 38.3 Å². The second kappa shape index (κ2) is 10.7. The molecule has 0 heterocycles. The van der Waals surface area contributed by atoms with Gasteiger partial charge in [0.25, 0.3) is 0 Å². The molecule has 2 heteroatoms. The molecular formula is C12H24O2. The number of allylic oxidation sites excluding steroid dienone is 1. The second-order valence-corrected chi connectivity index (χ2v) is 3.72. The third-order valence-corrected chi connectivity index (χ3v) is 2.26. The molecule has 0 aliphatic carbocycles. The summed E-state index contributed by atoms with van der Waals surface area (Å²) in [6.07, 6.45) is 11.2. The topological polar surface area (TPSA) is 40.5 Å². The number of unbranched alkanes of at least 4 members (excludes halogenated alkanes) is 4. The van der Waals surface area contributed by atoms with E-state index in [9.17, 15) is 5.11 Å². The highest BCUT2D eigenvalue weighted by Gasteiger charge is 1.98. The summed E-state index contributed by atoms with van der Waals surface area (Å²) in [6, 6.07) is 0. The molecule has 0 aliphatic heterocycles. The molecule has 14 heavy (non-hydrogen) atoms. The zero-order chi connectivity index (χ0) is 10.6. The molecule has 0 aromatic rings. The first kappa shape index (κ1) is 13.7. The van der Waals surface area contributed by atoms with E-state index in [4.69, 9.17) is 5.11 Å². The first-order valence-corrected chi connectivity index (χ1v) is 5.75.